The lowest BCUT2D eigenvalue weighted by Gasteiger charge is -2.26. The fraction of sp³-hybridized carbons (Fsp3) is 0.348. The molecular formula is C23H27NO4. The molecule has 0 bridgehead atoms. The molecule has 0 atom stereocenters. The maximum absolute atomic E-state index is 12.3. The van der Waals surface area contributed by atoms with Crippen LogP contribution < -0.4 is 5.32 Å². The number of rotatable bonds is 8. The summed E-state index contributed by atoms with van der Waals surface area (Å²) in [5, 5.41) is 11.9. The van der Waals surface area contributed by atoms with E-state index in [2.05, 4.69) is 36.2 Å². The normalized spacial score (nSPS) is 12.9. The van der Waals surface area contributed by atoms with Crippen LogP contribution in [-0.2, 0) is 9.47 Å². The van der Waals surface area contributed by atoms with Crippen molar-refractivity contribution < 1.29 is 19.4 Å². The summed E-state index contributed by atoms with van der Waals surface area (Å²) in [7, 11) is 0. The second-order valence-corrected chi connectivity index (χ2v) is 7.70. The average molecular weight is 381 g/mol. The summed E-state index contributed by atoms with van der Waals surface area (Å²) in [5.74, 6) is 0.121. The van der Waals surface area contributed by atoms with Crippen LogP contribution in [0.15, 0.2) is 60.9 Å². The molecule has 1 aliphatic rings. The number of carbonyl (C=O) groups is 1. The summed E-state index contributed by atoms with van der Waals surface area (Å²) >= 11 is 0. The smallest absolute Gasteiger partial charge is 0.407 e. The van der Waals surface area contributed by atoms with Gasteiger partial charge in [0.1, 0.15) is 6.61 Å². The molecule has 0 unspecified atom stereocenters. The highest BCUT2D eigenvalue weighted by atomic mass is 16.5. The van der Waals surface area contributed by atoms with Gasteiger partial charge >= 0.3 is 6.09 Å². The summed E-state index contributed by atoms with van der Waals surface area (Å²) in [6.07, 6.45) is -0.0943. The van der Waals surface area contributed by atoms with E-state index < -0.39 is 11.6 Å². The van der Waals surface area contributed by atoms with Crippen molar-refractivity contribution in [1.82, 2.24) is 5.32 Å². The van der Waals surface area contributed by atoms with Crippen molar-refractivity contribution in [3.05, 3.63) is 72.0 Å². The van der Waals surface area contributed by atoms with E-state index in [1.165, 1.54) is 22.3 Å². The number of hydrogen-bond acceptors (Lipinski definition) is 4. The Morgan fingerprint density at radius 2 is 1.68 bits per heavy atom. The van der Waals surface area contributed by atoms with E-state index in [1.807, 2.05) is 38.1 Å². The van der Waals surface area contributed by atoms with Gasteiger partial charge in [-0.3, -0.25) is 0 Å². The molecule has 1 amide bonds. The zero-order valence-electron chi connectivity index (χ0n) is 16.4. The number of hydrogen-bond donors (Lipinski definition) is 2. The van der Waals surface area contributed by atoms with Crippen molar-refractivity contribution in [2.24, 2.45) is 0 Å². The molecule has 2 N–H and O–H groups in total. The van der Waals surface area contributed by atoms with Crippen molar-refractivity contribution in [1.29, 1.82) is 0 Å². The molecule has 0 aromatic heterocycles. The molecule has 2 aromatic rings. The molecule has 0 saturated carbocycles. The first-order chi connectivity index (χ1) is 13.4. The van der Waals surface area contributed by atoms with Gasteiger partial charge in [0.15, 0.2) is 0 Å². The van der Waals surface area contributed by atoms with Crippen LogP contribution in [0.5, 0.6) is 0 Å². The van der Waals surface area contributed by atoms with E-state index in [9.17, 15) is 4.79 Å². The molecular weight excluding hydrogens is 354 g/mol. The molecule has 1 aliphatic carbocycles. The second-order valence-electron chi connectivity index (χ2n) is 7.70. The molecule has 28 heavy (non-hydrogen) atoms. The van der Waals surface area contributed by atoms with Gasteiger partial charge in [0.2, 0.25) is 0 Å². The van der Waals surface area contributed by atoms with E-state index in [-0.39, 0.29) is 18.3 Å². The Balaban J connectivity index is 1.57. The molecule has 5 nitrogen and oxygen atoms in total. The van der Waals surface area contributed by atoms with Crippen LogP contribution in [-0.4, -0.2) is 36.6 Å². The van der Waals surface area contributed by atoms with Gasteiger partial charge in [-0.05, 0) is 36.1 Å². The van der Waals surface area contributed by atoms with E-state index in [0.29, 0.717) is 19.6 Å². The predicted octanol–water partition coefficient (Wildman–Crippen LogP) is 4.78. The number of aliphatic hydroxyl groups excluding tert-OH is 1. The predicted molar refractivity (Wildman–Crippen MR) is 109 cm³/mol. The summed E-state index contributed by atoms with van der Waals surface area (Å²) < 4.78 is 11.1. The molecule has 148 valence electrons. The fourth-order valence-electron chi connectivity index (χ4n) is 3.46. The van der Waals surface area contributed by atoms with Gasteiger partial charge in [-0.1, -0.05) is 55.1 Å². The van der Waals surface area contributed by atoms with Gasteiger partial charge in [-0.25, -0.2) is 4.79 Å². The number of carbonyl (C=O) groups excluding carboxylic acids is 1. The van der Waals surface area contributed by atoms with Gasteiger partial charge in [0.25, 0.3) is 0 Å². The summed E-state index contributed by atoms with van der Waals surface area (Å²) in [4.78, 5) is 12.3. The maximum atomic E-state index is 12.3. The second kappa shape index (κ2) is 8.48. The number of aliphatic hydroxyl groups is 1. The van der Waals surface area contributed by atoms with Crippen molar-refractivity contribution in [2.45, 2.75) is 31.7 Å². The first-order valence-corrected chi connectivity index (χ1v) is 9.45. The Kier molecular flexibility index (Phi) is 6.05. The zero-order chi connectivity index (χ0) is 20.1. The third-order valence-electron chi connectivity index (χ3n) is 4.78. The lowest BCUT2D eigenvalue weighted by molar-refractivity contribution is 0.0716. The third kappa shape index (κ3) is 4.73. The van der Waals surface area contributed by atoms with E-state index in [0.717, 1.165) is 0 Å². The number of amides is 1. The highest BCUT2D eigenvalue weighted by Gasteiger charge is 2.29. The number of nitrogens with one attached hydrogen (secondary N) is 1. The maximum Gasteiger partial charge on any atom is 0.407 e. The molecule has 0 aliphatic heterocycles. The number of alkyl carbamates (subject to hydrolysis) is 1. The average Bonchev–Trinajstić information content (AvgIpc) is 2.97. The first kappa shape index (κ1) is 20.0. The minimum absolute atomic E-state index is 0.0353. The van der Waals surface area contributed by atoms with E-state index in [4.69, 9.17) is 14.6 Å². The van der Waals surface area contributed by atoms with Crippen LogP contribution in [0, 0.1) is 0 Å². The number of benzene rings is 2. The fourth-order valence-corrected chi connectivity index (χ4v) is 3.46. The van der Waals surface area contributed by atoms with Crippen molar-refractivity contribution in [3.63, 3.8) is 0 Å². The number of fused-ring (bicyclic) bond motifs is 3. The van der Waals surface area contributed by atoms with E-state index in [1.54, 1.807) is 0 Å². The standard InChI is InChI=1S/C23H27NO4/c1-16(25)12-13-27-15-23(2,3)24-22(26)28-14-21-19-10-6-4-8-17(19)18-9-5-7-11-20(18)21/h4-11,21,25H,1,12-15H2,2-3H3,(H,24,26). The van der Waals surface area contributed by atoms with Crippen molar-refractivity contribution in [2.75, 3.05) is 19.8 Å². The lowest BCUT2D eigenvalue weighted by atomic mass is 9.98. The summed E-state index contributed by atoms with van der Waals surface area (Å²) in [6, 6.07) is 16.5. The molecule has 0 radical (unpaired) electrons. The highest BCUT2D eigenvalue weighted by Crippen LogP contribution is 2.44. The summed E-state index contributed by atoms with van der Waals surface area (Å²) in [6.45, 7) is 8.09. The Bertz CT molecular complexity index is 814. The van der Waals surface area contributed by atoms with Crippen LogP contribution in [0.4, 0.5) is 4.79 Å². The molecule has 5 heteroatoms. The van der Waals surface area contributed by atoms with Crippen LogP contribution in [0.3, 0.4) is 0 Å². The number of ether oxygens (including phenoxy) is 2. The van der Waals surface area contributed by atoms with Gasteiger partial charge in [0.05, 0.1) is 24.5 Å². The molecule has 0 saturated heterocycles. The Labute approximate surface area is 166 Å². The Hall–Kier alpha value is -2.79. The molecule has 0 spiro atoms. The van der Waals surface area contributed by atoms with Gasteiger partial charge in [-0.2, -0.15) is 0 Å². The van der Waals surface area contributed by atoms with Crippen LogP contribution >= 0.6 is 0 Å². The van der Waals surface area contributed by atoms with Crippen LogP contribution in [0.2, 0.25) is 0 Å². The molecule has 3 rings (SSSR count). The SMILES string of the molecule is C=C(O)CCOCC(C)(C)NC(=O)OCC1c2ccccc2-c2ccccc21. The highest BCUT2D eigenvalue weighted by molar-refractivity contribution is 5.79. The van der Waals surface area contributed by atoms with Gasteiger partial charge in [-0.15, -0.1) is 0 Å². The monoisotopic (exact) mass is 381 g/mol. The van der Waals surface area contributed by atoms with Gasteiger partial charge < -0.3 is 19.9 Å². The van der Waals surface area contributed by atoms with Crippen molar-refractivity contribution >= 4 is 6.09 Å². The van der Waals surface area contributed by atoms with Crippen LogP contribution in [0.25, 0.3) is 11.1 Å². The van der Waals surface area contributed by atoms with Crippen LogP contribution in [0.1, 0.15) is 37.3 Å². The first-order valence-electron chi connectivity index (χ1n) is 9.45. The van der Waals surface area contributed by atoms with Crippen molar-refractivity contribution in [3.8, 4) is 11.1 Å². The molecule has 0 fully saturated rings. The minimum atomic E-state index is -0.584. The Morgan fingerprint density at radius 1 is 1.11 bits per heavy atom. The Morgan fingerprint density at radius 3 is 2.25 bits per heavy atom. The van der Waals surface area contributed by atoms with E-state index >= 15 is 0 Å². The zero-order valence-corrected chi connectivity index (χ0v) is 16.4. The lowest BCUT2D eigenvalue weighted by Crippen LogP contribution is -2.47. The molecule has 2 aromatic carbocycles. The largest absolute Gasteiger partial charge is 0.513 e. The van der Waals surface area contributed by atoms with Gasteiger partial charge in [0, 0.05) is 12.3 Å². The third-order valence-corrected chi connectivity index (χ3v) is 4.78. The minimum Gasteiger partial charge on any atom is -0.513 e. The quantitative estimate of drug-likeness (QED) is 0.510. The topological polar surface area (TPSA) is 67.8 Å². The molecule has 0 heterocycles. The summed E-state index contributed by atoms with van der Waals surface area (Å²) in [5.41, 5.74) is 4.18.